The molecule has 0 aliphatic carbocycles. The summed E-state index contributed by atoms with van der Waals surface area (Å²) < 4.78 is 0. The van der Waals surface area contributed by atoms with Gasteiger partial charge in [0, 0.05) is 5.56 Å². The summed E-state index contributed by atoms with van der Waals surface area (Å²) in [5.41, 5.74) is 2.14. The van der Waals surface area contributed by atoms with Gasteiger partial charge in [-0.3, -0.25) is 0 Å². The maximum Gasteiger partial charge on any atom is 0.163 e. The quantitative estimate of drug-likeness (QED) is 0.777. The summed E-state index contributed by atoms with van der Waals surface area (Å²) in [5.74, 6) is 2.20. The summed E-state index contributed by atoms with van der Waals surface area (Å²) in [6.45, 7) is 5.83. The summed E-state index contributed by atoms with van der Waals surface area (Å²) >= 11 is 0. The number of aromatic nitrogens is 3. The lowest BCUT2D eigenvalue weighted by Gasteiger charge is -2.01. The normalized spacial score (nSPS) is 9.84. The number of nitrogens with zero attached hydrogens (tertiary/aromatic N) is 3. The zero-order valence-corrected chi connectivity index (χ0v) is 11.5. The minimum atomic E-state index is 0.715. The van der Waals surface area contributed by atoms with E-state index in [0.29, 0.717) is 5.82 Å². The van der Waals surface area contributed by atoms with Crippen LogP contribution in [0.2, 0.25) is 0 Å². The Balaban J connectivity index is 2.64. The highest BCUT2D eigenvalue weighted by Crippen LogP contribution is 2.14. The molecule has 0 aliphatic heterocycles. The second-order valence-electron chi connectivity index (χ2n) is 4.39. The molecule has 0 saturated carbocycles. The molecule has 1 aromatic heterocycles. The molecule has 0 bridgehead atoms. The standard InChI is InChI=1S/C16H17N3/c1-12-9-7-5-4-6-8-10-15(11-12)16-18-13(2)17-14(3)19-16/h4-11H,1-3H3. The van der Waals surface area contributed by atoms with Crippen LogP contribution in [0.1, 0.15) is 17.2 Å². The SMILES string of the molecule is Cc1cccccccc(-c2nc(C)nc(C)n2)c1. The number of hydrogen-bond acceptors (Lipinski definition) is 3. The molecule has 0 fully saturated rings. The van der Waals surface area contributed by atoms with Crippen LogP contribution in [0, 0.1) is 20.8 Å². The van der Waals surface area contributed by atoms with Gasteiger partial charge in [0.2, 0.25) is 0 Å². The first-order valence-electron chi connectivity index (χ1n) is 6.25. The van der Waals surface area contributed by atoms with Gasteiger partial charge in [0.05, 0.1) is 0 Å². The van der Waals surface area contributed by atoms with Gasteiger partial charge in [-0.05, 0) is 26.8 Å². The second-order valence-corrected chi connectivity index (χ2v) is 4.39. The lowest BCUT2D eigenvalue weighted by atomic mass is 10.2. The van der Waals surface area contributed by atoms with Gasteiger partial charge < -0.3 is 0 Å². The molecule has 0 N–H and O–H groups in total. The molecule has 3 heteroatoms. The molecular formula is C16H17N3. The Labute approximate surface area is 113 Å². The fourth-order valence-electron chi connectivity index (χ4n) is 1.78. The zero-order valence-electron chi connectivity index (χ0n) is 11.5. The lowest BCUT2D eigenvalue weighted by molar-refractivity contribution is 0.928. The van der Waals surface area contributed by atoms with E-state index < -0.39 is 0 Å². The number of hydrogen-bond donors (Lipinski definition) is 0. The van der Waals surface area contributed by atoms with Crippen molar-refractivity contribution in [3.8, 4) is 11.4 Å². The summed E-state index contributed by atoms with van der Waals surface area (Å²) in [4.78, 5) is 13.0. The third-order valence-electron chi connectivity index (χ3n) is 2.58. The van der Waals surface area contributed by atoms with Gasteiger partial charge in [-0.25, -0.2) is 15.0 Å². The average Bonchev–Trinajstić information content (AvgIpc) is 2.35. The lowest BCUT2D eigenvalue weighted by Crippen LogP contribution is -1.98. The molecule has 0 spiro atoms. The zero-order chi connectivity index (χ0) is 13.7. The number of rotatable bonds is 1. The largest absolute Gasteiger partial charge is 0.219 e. The van der Waals surface area contributed by atoms with Gasteiger partial charge >= 0.3 is 0 Å². The van der Waals surface area contributed by atoms with Gasteiger partial charge in [-0.1, -0.05) is 48.0 Å². The van der Waals surface area contributed by atoms with Gasteiger partial charge in [-0.2, -0.15) is 0 Å². The first kappa shape index (κ1) is 13.1. The van der Waals surface area contributed by atoms with Gasteiger partial charge in [-0.15, -0.1) is 0 Å². The summed E-state index contributed by atoms with van der Waals surface area (Å²) in [6.07, 6.45) is 0. The fraction of sp³-hybridized carbons (Fsp3) is 0.188. The molecule has 0 unspecified atom stereocenters. The van der Waals surface area contributed by atoms with Crippen LogP contribution in [0.5, 0.6) is 0 Å². The molecule has 1 aromatic carbocycles. The Morgan fingerprint density at radius 2 is 1.26 bits per heavy atom. The van der Waals surface area contributed by atoms with E-state index in [1.807, 2.05) is 50.2 Å². The van der Waals surface area contributed by atoms with Crippen LogP contribution in [0.25, 0.3) is 11.4 Å². The van der Waals surface area contributed by atoms with E-state index in [2.05, 4.69) is 34.0 Å². The van der Waals surface area contributed by atoms with Crippen molar-refractivity contribution in [1.29, 1.82) is 0 Å². The van der Waals surface area contributed by atoms with Crippen molar-refractivity contribution in [2.75, 3.05) is 0 Å². The van der Waals surface area contributed by atoms with Crippen molar-refractivity contribution in [3.63, 3.8) is 0 Å². The van der Waals surface area contributed by atoms with E-state index in [1.165, 1.54) is 0 Å². The molecule has 0 atom stereocenters. The maximum absolute atomic E-state index is 4.41. The Kier molecular flexibility index (Phi) is 4.18. The minimum Gasteiger partial charge on any atom is -0.219 e. The molecule has 19 heavy (non-hydrogen) atoms. The molecule has 2 rings (SSSR count). The van der Waals surface area contributed by atoms with Crippen molar-refractivity contribution in [2.24, 2.45) is 0 Å². The van der Waals surface area contributed by atoms with Crippen molar-refractivity contribution < 1.29 is 0 Å². The molecule has 3 nitrogen and oxygen atoms in total. The van der Waals surface area contributed by atoms with E-state index in [4.69, 9.17) is 0 Å². The highest BCUT2D eigenvalue weighted by atomic mass is 15.0. The molecule has 1 heterocycles. The third kappa shape index (κ3) is 3.85. The monoisotopic (exact) mass is 251 g/mol. The van der Waals surface area contributed by atoms with E-state index in [1.54, 1.807) is 0 Å². The summed E-state index contributed by atoms with van der Waals surface area (Å²) in [6, 6.07) is 16.1. The molecule has 2 aromatic rings. The highest BCUT2D eigenvalue weighted by molar-refractivity contribution is 5.54. The van der Waals surface area contributed by atoms with Crippen LogP contribution in [0.15, 0.2) is 48.5 Å². The highest BCUT2D eigenvalue weighted by Gasteiger charge is 2.02. The summed E-state index contributed by atoms with van der Waals surface area (Å²) in [7, 11) is 0. The first-order chi connectivity index (χ1) is 9.15. The van der Waals surface area contributed by atoms with Crippen molar-refractivity contribution >= 4 is 0 Å². The van der Waals surface area contributed by atoms with Gasteiger partial charge in [0.25, 0.3) is 0 Å². The molecular weight excluding hydrogens is 234 g/mol. The van der Waals surface area contributed by atoms with E-state index in [9.17, 15) is 0 Å². The second kappa shape index (κ2) is 6.05. The Morgan fingerprint density at radius 1 is 0.684 bits per heavy atom. The predicted molar refractivity (Wildman–Crippen MR) is 77.1 cm³/mol. The topological polar surface area (TPSA) is 38.7 Å². The molecule has 0 amide bonds. The maximum atomic E-state index is 4.41. The Morgan fingerprint density at radius 3 is 1.95 bits per heavy atom. The van der Waals surface area contributed by atoms with Crippen LogP contribution >= 0.6 is 0 Å². The smallest absolute Gasteiger partial charge is 0.163 e. The Hall–Kier alpha value is -2.29. The van der Waals surface area contributed by atoms with Crippen LogP contribution in [-0.2, 0) is 0 Å². The van der Waals surface area contributed by atoms with Crippen LogP contribution in [0.3, 0.4) is 0 Å². The molecule has 96 valence electrons. The van der Waals surface area contributed by atoms with Gasteiger partial charge in [0.15, 0.2) is 5.82 Å². The summed E-state index contributed by atoms with van der Waals surface area (Å²) in [5, 5.41) is 0. The van der Waals surface area contributed by atoms with Crippen LogP contribution in [0.4, 0.5) is 0 Å². The van der Waals surface area contributed by atoms with Crippen molar-refractivity contribution in [1.82, 2.24) is 15.0 Å². The predicted octanol–water partition coefficient (Wildman–Crippen LogP) is 3.59. The third-order valence-corrected chi connectivity index (χ3v) is 2.58. The fourth-order valence-corrected chi connectivity index (χ4v) is 1.78. The van der Waals surface area contributed by atoms with Crippen molar-refractivity contribution in [3.05, 3.63) is 65.7 Å². The average molecular weight is 251 g/mol. The molecule has 0 radical (unpaired) electrons. The molecule has 0 saturated heterocycles. The van der Waals surface area contributed by atoms with Crippen LogP contribution in [-0.4, -0.2) is 15.0 Å². The van der Waals surface area contributed by atoms with Gasteiger partial charge in [0.1, 0.15) is 11.6 Å². The van der Waals surface area contributed by atoms with E-state index in [-0.39, 0.29) is 0 Å². The number of aryl methyl sites for hydroxylation is 3. The van der Waals surface area contributed by atoms with E-state index >= 15 is 0 Å². The van der Waals surface area contributed by atoms with Crippen LogP contribution < -0.4 is 0 Å². The van der Waals surface area contributed by atoms with E-state index in [0.717, 1.165) is 22.8 Å². The Bertz CT molecular complexity index is 614. The first-order valence-corrected chi connectivity index (χ1v) is 6.25. The minimum absolute atomic E-state index is 0.715. The van der Waals surface area contributed by atoms with Crippen molar-refractivity contribution in [2.45, 2.75) is 20.8 Å². The molecule has 0 aliphatic rings.